The van der Waals surface area contributed by atoms with Crippen LogP contribution in [0.1, 0.15) is 18.4 Å². The van der Waals surface area contributed by atoms with Gasteiger partial charge in [0, 0.05) is 29.4 Å². The second-order valence-corrected chi connectivity index (χ2v) is 8.46. The number of carbonyl (C=O) groups is 3. The largest absolute Gasteiger partial charge is 0.324 e. The normalized spacial score (nSPS) is 31.2. The highest BCUT2D eigenvalue weighted by molar-refractivity contribution is 6.25. The van der Waals surface area contributed by atoms with Gasteiger partial charge in [-0.15, -0.1) is 0 Å². The number of nitro groups is 1. The van der Waals surface area contributed by atoms with Crippen molar-refractivity contribution in [2.45, 2.75) is 24.4 Å². The highest BCUT2D eigenvalue weighted by Gasteiger charge is 2.74. The van der Waals surface area contributed by atoms with Crippen LogP contribution in [0.5, 0.6) is 0 Å². The van der Waals surface area contributed by atoms with E-state index in [1.807, 2.05) is 23.1 Å². The Morgan fingerprint density at radius 1 is 1.06 bits per heavy atom. The summed E-state index contributed by atoms with van der Waals surface area (Å²) in [6, 6.07) is 12.6. The Labute approximate surface area is 176 Å². The predicted molar refractivity (Wildman–Crippen MR) is 109 cm³/mol. The maximum Gasteiger partial charge on any atom is 0.271 e. The molecule has 0 bridgehead atoms. The van der Waals surface area contributed by atoms with Crippen molar-refractivity contribution in [2.24, 2.45) is 11.8 Å². The monoisotopic (exact) mass is 418 g/mol. The first-order valence-electron chi connectivity index (χ1n) is 10.3. The molecule has 9 nitrogen and oxygen atoms in total. The van der Waals surface area contributed by atoms with E-state index in [2.05, 4.69) is 5.32 Å². The Hall–Kier alpha value is -3.59. The van der Waals surface area contributed by atoms with Gasteiger partial charge >= 0.3 is 0 Å². The van der Waals surface area contributed by atoms with Gasteiger partial charge in [0.25, 0.3) is 5.69 Å². The molecule has 0 aromatic heterocycles. The summed E-state index contributed by atoms with van der Waals surface area (Å²) in [5, 5.41) is 14.1. The number of nitrogens with one attached hydrogen (secondary N) is 1. The molecule has 156 valence electrons. The Morgan fingerprint density at radius 3 is 2.68 bits per heavy atom. The molecule has 9 heteroatoms. The van der Waals surface area contributed by atoms with Crippen molar-refractivity contribution < 1.29 is 19.3 Å². The molecule has 2 aromatic rings. The molecule has 0 aliphatic carbocycles. The maximum atomic E-state index is 13.8. The van der Waals surface area contributed by atoms with Crippen molar-refractivity contribution in [2.75, 3.05) is 16.8 Å². The summed E-state index contributed by atoms with van der Waals surface area (Å²) in [6.45, 7) is 0.636. The fourth-order valence-corrected chi connectivity index (χ4v) is 6.16. The topological polar surface area (TPSA) is 113 Å². The zero-order valence-corrected chi connectivity index (χ0v) is 16.4. The van der Waals surface area contributed by atoms with Gasteiger partial charge in [0.1, 0.15) is 5.54 Å². The smallest absolute Gasteiger partial charge is 0.271 e. The summed E-state index contributed by atoms with van der Waals surface area (Å²) in [7, 11) is 0. The van der Waals surface area contributed by atoms with E-state index in [0.717, 1.165) is 23.3 Å². The van der Waals surface area contributed by atoms with Crippen LogP contribution in [0.4, 0.5) is 17.1 Å². The Bertz CT molecular complexity index is 1200. The minimum absolute atomic E-state index is 0.171. The van der Waals surface area contributed by atoms with Crippen LogP contribution in [-0.4, -0.2) is 40.1 Å². The molecule has 2 aromatic carbocycles. The SMILES string of the molecule is O=C1[C@@H]2C3CCCN3[C@@]3(C(=O)Nc4ccccc43)[C@@H]2C(=O)N1c1cccc([N+](=O)[O-])c1. The summed E-state index contributed by atoms with van der Waals surface area (Å²) in [5.74, 6) is -2.67. The number of hydrogen-bond donors (Lipinski definition) is 1. The second-order valence-electron chi connectivity index (χ2n) is 8.46. The standard InChI is InChI=1S/C22H18N4O5/c27-19-17-16-9-4-10-24(16)22(14-7-1-2-8-15(14)23-21(22)29)18(17)20(28)25(19)12-5-3-6-13(11-12)26(30)31/h1-3,5-8,11,16-18H,4,9-10H2,(H,23,29)/t16?,17-,18+,22-/m1/s1. The van der Waals surface area contributed by atoms with E-state index in [4.69, 9.17) is 0 Å². The molecule has 4 aliphatic rings. The van der Waals surface area contributed by atoms with Crippen LogP contribution in [0, 0.1) is 22.0 Å². The molecule has 4 heterocycles. The molecule has 0 saturated carbocycles. The molecule has 1 unspecified atom stereocenters. The zero-order valence-electron chi connectivity index (χ0n) is 16.4. The number of anilines is 2. The van der Waals surface area contributed by atoms with E-state index >= 15 is 0 Å². The number of hydrogen-bond acceptors (Lipinski definition) is 6. The maximum absolute atomic E-state index is 13.8. The summed E-state index contributed by atoms with van der Waals surface area (Å²) in [5.41, 5.74) is 0.126. The van der Waals surface area contributed by atoms with Crippen molar-refractivity contribution >= 4 is 34.8 Å². The van der Waals surface area contributed by atoms with Crippen molar-refractivity contribution in [3.8, 4) is 0 Å². The quantitative estimate of drug-likeness (QED) is 0.454. The van der Waals surface area contributed by atoms with Gasteiger partial charge in [-0.05, 0) is 31.5 Å². The predicted octanol–water partition coefficient (Wildman–Crippen LogP) is 2.03. The van der Waals surface area contributed by atoms with Crippen molar-refractivity contribution in [1.29, 1.82) is 0 Å². The number of amides is 3. The lowest BCUT2D eigenvalue weighted by Gasteiger charge is -2.36. The van der Waals surface area contributed by atoms with E-state index in [1.165, 1.54) is 24.3 Å². The molecule has 3 amide bonds. The number of fused-ring (bicyclic) bond motifs is 7. The molecule has 0 radical (unpaired) electrons. The third kappa shape index (κ3) is 2.06. The molecule has 1 spiro atoms. The van der Waals surface area contributed by atoms with E-state index in [1.54, 1.807) is 6.07 Å². The Morgan fingerprint density at radius 2 is 1.87 bits per heavy atom. The van der Waals surface area contributed by atoms with Crippen molar-refractivity contribution in [3.63, 3.8) is 0 Å². The Balaban J connectivity index is 1.53. The third-order valence-electron chi connectivity index (χ3n) is 7.20. The van der Waals surface area contributed by atoms with E-state index < -0.39 is 28.2 Å². The average Bonchev–Trinajstić information content (AvgIpc) is 3.46. The van der Waals surface area contributed by atoms with Crippen LogP contribution < -0.4 is 10.2 Å². The molecule has 1 N–H and O–H groups in total. The number of carbonyl (C=O) groups excluding carboxylic acids is 3. The molecular formula is C22H18N4O5. The third-order valence-corrected chi connectivity index (χ3v) is 7.20. The van der Waals surface area contributed by atoms with Gasteiger partial charge in [-0.3, -0.25) is 29.4 Å². The molecule has 6 rings (SSSR count). The summed E-state index contributed by atoms with van der Waals surface area (Å²) in [6.07, 6.45) is 1.56. The van der Waals surface area contributed by atoms with Crippen LogP contribution >= 0.6 is 0 Å². The Kier molecular flexibility index (Phi) is 3.51. The number of nitrogens with zero attached hydrogens (tertiary/aromatic N) is 3. The van der Waals surface area contributed by atoms with Crippen LogP contribution in [-0.2, 0) is 19.9 Å². The molecule has 3 saturated heterocycles. The van der Waals surface area contributed by atoms with E-state index in [0.29, 0.717) is 12.2 Å². The molecule has 4 aliphatic heterocycles. The molecule has 4 atom stereocenters. The summed E-state index contributed by atoms with van der Waals surface area (Å²) < 4.78 is 0. The number of nitro benzene ring substituents is 1. The summed E-state index contributed by atoms with van der Waals surface area (Å²) in [4.78, 5) is 54.5. The molecule has 31 heavy (non-hydrogen) atoms. The minimum Gasteiger partial charge on any atom is -0.324 e. The first kappa shape index (κ1) is 18.2. The minimum atomic E-state index is -1.23. The van der Waals surface area contributed by atoms with Crippen molar-refractivity contribution in [3.05, 3.63) is 64.2 Å². The number of non-ortho nitro benzene ring substituents is 1. The van der Waals surface area contributed by atoms with Gasteiger partial charge in [-0.25, -0.2) is 4.90 Å². The van der Waals surface area contributed by atoms with Gasteiger partial charge in [0.2, 0.25) is 17.7 Å². The lowest BCUT2D eigenvalue weighted by atomic mass is 9.75. The van der Waals surface area contributed by atoms with Gasteiger partial charge in [0.15, 0.2) is 0 Å². The fourth-order valence-electron chi connectivity index (χ4n) is 6.16. The lowest BCUT2D eigenvalue weighted by molar-refractivity contribution is -0.384. The van der Waals surface area contributed by atoms with E-state index in [-0.39, 0.29) is 29.2 Å². The molecule has 3 fully saturated rings. The second kappa shape index (κ2) is 5.98. The average molecular weight is 418 g/mol. The molecular weight excluding hydrogens is 400 g/mol. The highest BCUT2D eigenvalue weighted by Crippen LogP contribution is 2.60. The first-order chi connectivity index (χ1) is 15.0. The number of rotatable bonds is 2. The number of imide groups is 1. The van der Waals surface area contributed by atoms with Crippen LogP contribution in [0.3, 0.4) is 0 Å². The van der Waals surface area contributed by atoms with E-state index in [9.17, 15) is 24.5 Å². The van der Waals surface area contributed by atoms with Gasteiger partial charge in [-0.2, -0.15) is 0 Å². The summed E-state index contributed by atoms with van der Waals surface area (Å²) >= 11 is 0. The zero-order chi connectivity index (χ0) is 21.5. The van der Waals surface area contributed by atoms with Crippen LogP contribution in [0.15, 0.2) is 48.5 Å². The first-order valence-corrected chi connectivity index (χ1v) is 10.3. The van der Waals surface area contributed by atoms with Crippen LogP contribution in [0.25, 0.3) is 0 Å². The lowest BCUT2D eigenvalue weighted by Crippen LogP contribution is -2.54. The number of benzene rings is 2. The van der Waals surface area contributed by atoms with Gasteiger partial charge in [-0.1, -0.05) is 24.3 Å². The van der Waals surface area contributed by atoms with Crippen LogP contribution in [0.2, 0.25) is 0 Å². The van der Waals surface area contributed by atoms with Crippen molar-refractivity contribution in [1.82, 2.24) is 4.90 Å². The van der Waals surface area contributed by atoms with Gasteiger partial charge < -0.3 is 5.32 Å². The highest BCUT2D eigenvalue weighted by atomic mass is 16.6. The fraction of sp³-hybridized carbons (Fsp3) is 0.318. The number of para-hydroxylation sites is 1. The van der Waals surface area contributed by atoms with Gasteiger partial charge in [0.05, 0.1) is 22.4 Å².